The molecule has 0 saturated carbocycles. The van der Waals surface area contributed by atoms with Crippen LogP contribution in [0.5, 0.6) is 0 Å². The van der Waals surface area contributed by atoms with Crippen LogP contribution in [-0.2, 0) is 4.74 Å². The molecule has 0 aromatic carbocycles. The van der Waals surface area contributed by atoms with Gasteiger partial charge in [-0.3, -0.25) is 0 Å². The van der Waals surface area contributed by atoms with Gasteiger partial charge in [0.05, 0.1) is 13.2 Å². The maximum atomic E-state index is 5.97. The maximum absolute atomic E-state index is 5.97. The number of likely N-dealkylation sites (tertiary alicyclic amines) is 1. The van der Waals surface area contributed by atoms with E-state index in [4.69, 9.17) is 10.5 Å². The number of rotatable bonds is 3. The third-order valence-corrected chi connectivity index (χ3v) is 4.98. The van der Waals surface area contributed by atoms with Crippen molar-refractivity contribution in [2.75, 3.05) is 39.9 Å². The summed E-state index contributed by atoms with van der Waals surface area (Å²) in [6.45, 7) is 9.67. The zero-order chi connectivity index (χ0) is 11.8. The Bertz CT molecular complexity index is 248. The second-order valence-corrected chi connectivity index (χ2v) is 6.34. The van der Waals surface area contributed by atoms with E-state index in [9.17, 15) is 0 Å². The Hall–Kier alpha value is -0.120. The van der Waals surface area contributed by atoms with Gasteiger partial charge in [0.25, 0.3) is 0 Å². The van der Waals surface area contributed by atoms with Gasteiger partial charge in [0.15, 0.2) is 0 Å². The van der Waals surface area contributed by atoms with Crippen LogP contribution in [0.15, 0.2) is 0 Å². The van der Waals surface area contributed by atoms with Crippen molar-refractivity contribution in [1.82, 2.24) is 4.90 Å². The van der Waals surface area contributed by atoms with E-state index in [1.165, 1.54) is 25.9 Å². The third-order valence-electron chi connectivity index (χ3n) is 4.98. The summed E-state index contributed by atoms with van der Waals surface area (Å²) in [5, 5.41) is 0. The van der Waals surface area contributed by atoms with Crippen LogP contribution in [0.1, 0.15) is 26.7 Å². The van der Waals surface area contributed by atoms with Gasteiger partial charge < -0.3 is 15.4 Å². The lowest BCUT2D eigenvalue weighted by molar-refractivity contribution is -0.212. The van der Waals surface area contributed by atoms with Crippen LogP contribution in [0.3, 0.4) is 0 Å². The van der Waals surface area contributed by atoms with Crippen LogP contribution in [0, 0.1) is 16.7 Å². The molecule has 2 aliphatic rings. The Morgan fingerprint density at radius 1 is 1.44 bits per heavy atom. The first kappa shape index (κ1) is 12.3. The maximum Gasteiger partial charge on any atom is 0.0553 e. The van der Waals surface area contributed by atoms with Crippen molar-refractivity contribution in [2.45, 2.75) is 26.7 Å². The molecule has 0 aromatic heterocycles. The molecule has 3 heteroatoms. The number of ether oxygens (including phenoxy) is 1. The van der Waals surface area contributed by atoms with Crippen molar-refractivity contribution >= 4 is 0 Å². The summed E-state index contributed by atoms with van der Waals surface area (Å²) in [7, 11) is 2.23. The second-order valence-electron chi connectivity index (χ2n) is 6.34. The molecular formula is C13H26N2O. The summed E-state index contributed by atoms with van der Waals surface area (Å²) in [4.78, 5) is 2.46. The normalized spacial score (nSPS) is 31.1. The summed E-state index contributed by atoms with van der Waals surface area (Å²) in [6, 6.07) is 0. The SMILES string of the molecule is CN1CCCC(C2(C(C)(C)CN)COC2)C1. The topological polar surface area (TPSA) is 38.5 Å². The largest absolute Gasteiger partial charge is 0.380 e. The van der Waals surface area contributed by atoms with Crippen LogP contribution in [-0.4, -0.2) is 44.8 Å². The van der Waals surface area contributed by atoms with E-state index in [0.29, 0.717) is 5.41 Å². The van der Waals surface area contributed by atoms with E-state index < -0.39 is 0 Å². The molecule has 1 atom stereocenters. The van der Waals surface area contributed by atoms with Crippen LogP contribution < -0.4 is 5.73 Å². The van der Waals surface area contributed by atoms with Gasteiger partial charge in [-0.2, -0.15) is 0 Å². The van der Waals surface area contributed by atoms with Gasteiger partial charge in [0, 0.05) is 12.0 Å². The van der Waals surface area contributed by atoms with E-state index in [0.717, 1.165) is 25.7 Å². The predicted molar refractivity (Wildman–Crippen MR) is 66.3 cm³/mol. The van der Waals surface area contributed by atoms with Crippen molar-refractivity contribution in [1.29, 1.82) is 0 Å². The summed E-state index contributed by atoms with van der Waals surface area (Å²) >= 11 is 0. The molecule has 0 bridgehead atoms. The fourth-order valence-electron chi connectivity index (χ4n) is 3.32. The molecular weight excluding hydrogens is 200 g/mol. The predicted octanol–water partition coefficient (Wildman–Crippen LogP) is 1.33. The monoisotopic (exact) mass is 226 g/mol. The van der Waals surface area contributed by atoms with E-state index in [2.05, 4.69) is 25.8 Å². The number of nitrogens with zero attached hydrogens (tertiary/aromatic N) is 1. The minimum absolute atomic E-state index is 0.202. The number of hydrogen-bond acceptors (Lipinski definition) is 3. The van der Waals surface area contributed by atoms with Gasteiger partial charge >= 0.3 is 0 Å². The van der Waals surface area contributed by atoms with Gasteiger partial charge in [-0.15, -0.1) is 0 Å². The highest BCUT2D eigenvalue weighted by molar-refractivity contribution is 5.03. The molecule has 94 valence electrons. The third kappa shape index (κ3) is 1.79. The van der Waals surface area contributed by atoms with Gasteiger partial charge in [-0.05, 0) is 44.3 Å². The lowest BCUT2D eigenvalue weighted by atomic mass is 9.56. The van der Waals surface area contributed by atoms with Crippen molar-refractivity contribution in [3.05, 3.63) is 0 Å². The number of nitrogens with two attached hydrogens (primary N) is 1. The summed E-state index contributed by atoms with van der Waals surface area (Å²) < 4.78 is 5.54. The summed E-state index contributed by atoms with van der Waals surface area (Å²) in [5.41, 5.74) is 6.51. The summed E-state index contributed by atoms with van der Waals surface area (Å²) in [5.74, 6) is 0.763. The van der Waals surface area contributed by atoms with Gasteiger partial charge in [0.1, 0.15) is 0 Å². The molecule has 0 spiro atoms. The van der Waals surface area contributed by atoms with E-state index in [-0.39, 0.29) is 5.41 Å². The van der Waals surface area contributed by atoms with Crippen molar-refractivity contribution < 1.29 is 4.74 Å². The zero-order valence-corrected chi connectivity index (χ0v) is 11.0. The van der Waals surface area contributed by atoms with Crippen molar-refractivity contribution in [3.8, 4) is 0 Å². The molecule has 2 aliphatic heterocycles. The Kier molecular flexibility index (Phi) is 3.30. The first-order valence-corrected chi connectivity index (χ1v) is 6.48. The van der Waals surface area contributed by atoms with Crippen molar-refractivity contribution in [2.24, 2.45) is 22.5 Å². The molecule has 0 aromatic rings. The lowest BCUT2D eigenvalue weighted by Crippen LogP contribution is -2.62. The molecule has 2 fully saturated rings. The van der Waals surface area contributed by atoms with Gasteiger partial charge in [0.2, 0.25) is 0 Å². The van der Waals surface area contributed by atoms with E-state index >= 15 is 0 Å². The zero-order valence-electron chi connectivity index (χ0n) is 11.0. The van der Waals surface area contributed by atoms with Crippen LogP contribution in [0.4, 0.5) is 0 Å². The average molecular weight is 226 g/mol. The molecule has 0 amide bonds. The molecule has 1 unspecified atom stereocenters. The van der Waals surface area contributed by atoms with E-state index in [1.807, 2.05) is 0 Å². The molecule has 3 nitrogen and oxygen atoms in total. The van der Waals surface area contributed by atoms with E-state index in [1.54, 1.807) is 0 Å². The highest BCUT2D eigenvalue weighted by Gasteiger charge is 2.55. The minimum Gasteiger partial charge on any atom is -0.380 e. The standard InChI is InChI=1S/C13H26N2O/c1-12(2,8-14)13(9-16-10-13)11-5-4-6-15(3)7-11/h11H,4-10,14H2,1-3H3. The minimum atomic E-state index is 0.202. The number of piperidine rings is 1. The average Bonchev–Trinajstić information content (AvgIpc) is 2.15. The van der Waals surface area contributed by atoms with Gasteiger partial charge in [-0.1, -0.05) is 13.8 Å². The highest BCUT2D eigenvalue weighted by Crippen LogP contribution is 2.52. The highest BCUT2D eigenvalue weighted by atomic mass is 16.5. The molecule has 0 aliphatic carbocycles. The Balaban J connectivity index is 2.14. The summed E-state index contributed by atoms with van der Waals surface area (Å²) in [6.07, 6.45) is 2.67. The van der Waals surface area contributed by atoms with Crippen LogP contribution >= 0.6 is 0 Å². The first-order valence-electron chi connectivity index (χ1n) is 6.48. The molecule has 16 heavy (non-hydrogen) atoms. The molecule has 2 N–H and O–H groups in total. The smallest absolute Gasteiger partial charge is 0.0553 e. The van der Waals surface area contributed by atoms with Gasteiger partial charge in [-0.25, -0.2) is 0 Å². The van der Waals surface area contributed by atoms with Crippen LogP contribution in [0.25, 0.3) is 0 Å². The molecule has 2 saturated heterocycles. The Morgan fingerprint density at radius 3 is 2.56 bits per heavy atom. The number of hydrogen-bond donors (Lipinski definition) is 1. The fourth-order valence-corrected chi connectivity index (χ4v) is 3.32. The fraction of sp³-hybridized carbons (Fsp3) is 1.00. The Morgan fingerprint density at radius 2 is 2.12 bits per heavy atom. The Labute approximate surface area is 99.3 Å². The van der Waals surface area contributed by atoms with Crippen molar-refractivity contribution in [3.63, 3.8) is 0 Å². The van der Waals surface area contributed by atoms with Crippen LogP contribution in [0.2, 0.25) is 0 Å². The molecule has 0 radical (unpaired) electrons. The second kappa shape index (κ2) is 4.28. The first-order chi connectivity index (χ1) is 7.52. The molecule has 2 rings (SSSR count). The molecule has 2 heterocycles. The quantitative estimate of drug-likeness (QED) is 0.789. The lowest BCUT2D eigenvalue weighted by Gasteiger charge is -2.58.